The largest absolute Gasteiger partial charge is 0.344 e. The number of halogens is 1. The fourth-order valence-corrected chi connectivity index (χ4v) is 4.51. The lowest BCUT2D eigenvalue weighted by molar-refractivity contribution is -0.661. The average Bonchev–Trinajstić information content (AvgIpc) is 2.69. The van der Waals surface area contributed by atoms with Gasteiger partial charge in [-0.05, 0) is 49.2 Å². The lowest BCUT2D eigenvalue weighted by atomic mass is 10.1. The van der Waals surface area contributed by atoms with E-state index in [4.69, 9.17) is 11.6 Å². The van der Waals surface area contributed by atoms with Crippen molar-refractivity contribution in [3.63, 3.8) is 0 Å². The lowest BCUT2D eigenvalue weighted by Gasteiger charge is -2.24. The molecule has 6 nitrogen and oxygen atoms in total. The fourth-order valence-electron chi connectivity index (χ4n) is 2.86. The quantitative estimate of drug-likeness (QED) is 0.588. The molecule has 0 bridgehead atoms. The van der Waals surface area contributed by atoms with Crippen molar-refractivity contribution in [1.29, 1.82) is 0 Å². The first-order chi connectivity index (χ1) is 12.9. The summed E-state index contributed by atoms with van der Waals surface area (Å²) in [5.74, 6) is 0. The zero-order valence-corrected chi connectivity index (χ0v) is 17.0. The average molecular weight is 408 g/mol. The van der Waals surface area contributed by atoms with Gasteiger partial charge in [-0.15, -0.1) is 0 Å². The highest BCUT2D eigenvalue weighted by atomic mass is 35.5. The molecule has 1 aliphatic heterocycles. The van der Waals surface area contributed by atoms with Crippen LogP contribution in [0.3, 0.4) is 0 Å². The molecule has 0 atom stereocenters. The summed E-state index contributed by atoms with van der Waals surface area (Å²) in [6, 6.07) is 12.5. The highest BCUT2D eigenvalue weighted by Crippen LogP contribution is 2.20. The number of nitrogens with two attached hydrogens (primary N) is 1. The monoisotopic (exact) mass is 407 g/mol. The van der Waals surface area contributed by atoms with Crippen molar-refractivity contribution in [3.8, 4) is 0 Å². The highest BCUT2D eigenvalue weighted by molar-refractivity contribution is 7.89. The molecule has 2 aromatic carbocycles. The molecule has 0 aliphatic carbocycles. The molecule has 1 aliphatic rings. The van der Waals surface area contributed by atoms with Gasteiger partial charge < -0.3 is 5.32 Å². The maximum absolute atomic E-state index is 12.7. The van der Waals surface area contributed by atoms with Crippen LogP contribution in [-0.4, -0.2) is 44.6 Å². The molecule has 1 heterocycles. The van der Waals surface area contributed by atoms with Gasteiger partial charge in [0.1, 0.15) is 0 Å². The SMILES string of the molecule is C/C(=N/Nc1ccc(C)c(Cl)c1)c1ccc(S(=O)(=O)N2CC[NH2+]CC2)cc1. The number of sulfonamides is 1. The number of piperazine rings is 1. The Labute approximate surface area is 165 Å². The van der Waals surface area contributed by atoms with E-state index in [1.807, 2.05) is 32.0 Å². The summed E-state index contributed by atoms with van der Waals surface area (Å²) < 4.78 is 26.9. The molecule has 27 heavy (non-hydrogen) atoms. The van der Waals surface area contributed by atoms with Crippen molar-refractivity contribution in [2.24, 2.45) is 5.10 Å². The van der Waals surface area contributed by atoms with Gasteiger partial charge in [-0.2, -0.15) is 9.41 Å². The Balaban J connectivity index is 1.73. The predicted molar refractivity (Wildman–Crippen MR) is 109 cm³/mol. The van der Waals surface area contributed by atoms with Gasteiger partial charge in [0.2, 0.25) is 10.0 Å². The van der Waals surface area contributed by atoms with Crippen molar-refractivity contribution >= 4 is 33.0 Å². The second kappa shape index (κ2) is 8.39. The molecule has 1 saturated heterocycles. The van der Waals surface area contributed by atoms with Crippen molar-refractivity contribution in [1.82, 2.24) is 4.31 Å². The number of rotatable bonds is 5. The first-order valence-electron chi connectivity index (χ1n) is 8.86. The number of anilines is 1. The number of nitrogens with zero attached hydrogens (tertiary/aromatic N) is 2. The van der Waals surface area contributed by atoms with E-state index in [9.17, 15) is 8.42 Å². The van der Waals surface area contributed by atoms with Gasteiger partial charge in [-0.3, -0.25) is 5.43 Å². The molecule has 0 aromatic heterocycles. The van der Waals surface area contributed by atoms with Gasteiger partial charge >= 0.3 is 0 Å². The fraction of sp³-hybridized carbons (Fsp3) is 0.316. The minimum absolute atomic E-state index is 0.319. The van der Waals surface area contributed by atoms with Crippen molar-refractivity contribution in [2.75, 3.05) is 31.6 Å². The molecule has 1 fully saturated rings. The molecule has 8 heteroatoms. The molecular weight excluding hydrogens is 384 g/mol. The van der Waals surface area contributed by atoms with E-state index in [2.05, 4.69) is 15.8 Å². The van der Waals surface area contributed by atoms with Gasteiger partial charge in [-0.1, -0.05) is 29.8 Å². The summed E-state index contributed by atoms with van der Waals surface area (Å²) in [6.45, 7) is 6.52. The van der Waals surface area contributed by atoms with E-state index in [0.717, 1.165) is 35.6 Å². The smallest absolute Gasteiger partial charge is 0.243 e. The standard InChI is InChI=1S/C19H23ClN4O2S/c1-14-3-6-17(13-19(14)20)23-22-15(2)16-4-7-18(8-5-16)27(25,26)24-11-9-21-10-12-24/h3-8,13,21,23H,9-12H2,1-2H3/p+1/b22-15-. The third kappa shape index (κ3) is 4.68. The van der Waals surface area contributed by atoms with Crippen LogP contribution in [0, 0.1) is 6.92 Å². The van der Waals surface area contributed by atoms with Gasteiger partial charge in [-0.25, -0.2) is 8.42 Å². The number of nitrogens with one attached hydrogen (secondary N) is 1. The molecule has 0 saturated carbocycles. The molecule has 3 N–H and O–H groups in total. The van der Waals surface area contributed by atoms with Crippen molar-refractivity contribution in [2.45, 2.75) is 18.7 Å². The Kier molecular flexibility index (Phi) is 6.16. The summed E-state index contributed by atoms with van der Waals surface area (Å²) in [6.07, 6.45) is 0. The zero-order valence-electron chi connectivity index (χ0n) is 15.4. The van der Waals surface area contributed by atoms with E-state index in [0.29, 0.717) is 23.0 Å². The van der Waals surface area contributed by atoms with Crippen LogP contribution in [0.2, 0.25) is 5.02 Å². The molecular formula is C19H24ClN4O2S+. The Morgan fingerprint density at radius 3 is 2.44 bits per heavy atom. The number of quaternary nitrogens is 1. The Morgan fingerprint density at radius 2 is 1.81 bits per heavy atom. The number of hydrogen-bond donors (Lipinski definition) is 2. The first kappa shape index (κ1) is 19.8. The minimum atomic E-state index is -3.43. The van der Waals surface area contributed by atoms with Crippen LogP contribution < -0.4 is 10.7 Å². The van der Waals surface area contributed by atoms with Crippen LogP contribution in [-0.2, 0) is 10.0 Å². The first-order valence-corrected chi connectivity index (χ1v) is 10.7. The van der Waals surface area contributed by atoms with E-state index in [1.54, 1.807) is 28.6 Å². The molecule has 0 radical (unpaired) electrons. The van der Waals surface area contributed by atoms with Crippen LogP contribution in [0.15, 0.2) is 52.5 Å². The second-order valence-electron chi connectivity index (χ2n) is 6.57. The molecule has 0 unspecified atom stereocenters. The van der Waals surface area contributed by atoms with Gasteiger partial charge in [0.05, 0.1) is 42.5 Å². The molecule has 144 valence electrons. The topological polar surface area (TPSA) is 78.4 Å². The lowest BCUT2D eigenvalue weighted by Crippen LogP contribution is -2.89. The zero-order chi connectivity index (χ0) is 19.4. The van der Waals surface area contributed by atoms with E-state index < -0.39 is 10.0 Å². The Morgan fingerprint density at radius 1 is 1.15 bits per heavy atom. The highest BCUT2D eigenvalue weighted by Gasteiger charge is 2.27. The third-order valence-electron chi connectivity index (χ3n) is 4.60. The third-order valence-corrected chi connectivity index (χ3v) is 6.92. The predicted octanol–water partition coefficient (Wildman–Crippen LogP) is 2.05. The van der Waals surface area contributed by atoms with Crippen LogP contribution in [0.1, 0.15) is 18.1 Å². The molecule has 2 aromatic rings. The van der Waals surface area contributed by atoms with Crippen LogP contribution in [0.4, 0.5) is 5.69 Å². The Bertz CT molecular complexity index is 937. The van der Waals surface area contributed by atoms with Crippen molar-refractivity contribution < 1.29 is 13.7 Å². The number of hydrogen-bond acceptors (Lipinski definition) is 4. The maximum atomic E-state index is 12.7. The minimum Gasteiger partial charge on any atom is -0.344 e. The van der Waals surface area contributed by atoms with E-state index >= 15 is 0 Å². The van der Waals surface area contributed by atoms with Crippen LogP contribution >= 0.6 is 11.6 Å². The van der Waals surface area contributed by atoms with Crippen LogP contribution in [0.5, 0.6) is 0 Å². The molecule has 3 rings (SSSR count). The number of aryl methyl sites for hydroxylation is 1. The summed E-state index contributed by atoms with van der Waals surface area (Å²) in [5.41, 5.74) is 6.39. The maximum Gasteiger partial charge on any atom is 0.243 e. The molecule has 0 spiro atoms. The normalized spacial score (nSPS) is 16.3. The molecule has 0 amide bonds. The Hall–Kier alpha value is -1.93. The van der Waals surface area contributed by atoms with Gasteiger partial charge in [0, 0.05) is 5.02 Å². The van der Waals surface area contributed by atoms with Gasteiger partial charge in [0.25, 0.3) is 0 Å². The summed E-state index contributed by atoms with van der Waals surface area (Å²) >= 11 is 6.12. The number of benzene rings is 2. The summed E-state index contributed by atoms with van der Waals surface area (Å²) in [5, 5.41) is 7.17. The second-order valence-corrected chi connectivity index (χ2v) is 8.91. The van der Waals surface area contributed by atoms with Gasteiger partial charge in [0.15, 0.2) is 0 Å². The van der Waals surface area contributed by atoms with Crippen molar-refractivity contribution in [3.05, 3.63) is 58.6 Å². The van der Waals surface area contributed by atoms with E-state index in [1.165, 1.54) is 0 Å². The van der Waals surface area contributed by atoms with E-state index in [-0.39, 0.29) is 0 Å². The summed E-state index contributed by atoms with van der Waals surface area (Å²) in [7, 11) is -3.43. The summed E-state index contributed by atoms with van der Waals surface area (Å²) in [4.78, 5) is 0.319. The van der Waals surface area contributed by atoms with Crippen LogP contribution in [0.25, 0.3) is 0 Å². The number of hydrazone groups is 1.